The topological polar surface area (TPSA) is 248 Å². The first-order valence-corrected chi connectivity index (χ1v) is 24.7. The number of benzene rings is 4. The van der Waals surface area contributed by atoms with Gasteiger partial charge in [-0.2, -0.15) is 5.06 Å². The number of carbonyl (C=O) groups is 8. The summed E-state index contributed by atoms with van der Waals surface area (Å²) in [5.41, 5.74) is 2.36. The molecule has 19 nitrogen and oxygen atoms in total. The van der Waals surface area contributed by atoms with Crippen molar-refractivity contribution >= 4 is 48.0 Å². The van der Waals surface area contributed by atoms with Gasteiger partial charge in [-0.3, -0.25) is 29.0 Å². The van der Waals surface area contributed by atoms with Crippen LogP contribution in [-0.4, -0.2) is 83.4 Å². The number of esters is 3. The fourth-order valence-corrected chi connectivity index (χ4v) is 7.72. The monoisotopic (exact) mass is 1040 g/mol. The number of rotatable bonds is 29. The molecular weight excluding hydrogens is 979 g/mol. The van der Waals surface area contributed by atoms with Crippen LogP contribution in [0.25, 0.3) is 11.3 Å². The Hall–Kier alpha value is -9.13. The van der Waals surface area contributed by atoms with Crippen molar-refractivity contribution in [2.24, 2.45) is 5.92 Å². The molecule has 0 aliphatic carbocycles. The van der Waals surface area contributed by atoms with E-state index in [1.54, 1.807) is 91.9 Å². The normalized spacial score (nSPS) is 11.9. The fourth-order valence-electron chi connectivity index (χ4n) is 7.72. The quantitative estimate of drug-likeness (QED) is 0.0103. The zero-order chi connectivity index (χ0) is 54.1. The molecule has 0 spiro atoms. The minimum Gasteiger partial charge on any atom is -0.481 e. The first-order valence-electron chi connectivity index (χ1n) is 24.7. The lowest BCUT2D eigenvalue weighted by atomic mass is 9.90. The second kappa shape index (κ2) is 29.5. The Balaban J connectivity index is 1.16. The van der Waals surface area contributed by atoms with Crippen molar-refractivity contribution in [2.45, 2.75) is 84.3 Å². The van der Waals surface area contributed by atoms with E-state index in [4.69, 9.17) is 28.2 Å². The third-order valence-electron chi connectivity index (χ3n) is 11.7. The van der Waals surface area contributed by atoms with Crippen LogP contribution < -0.4 is 20.7 Å². The lowest BCUT2D eigenvalue weighted by Crippen LogP contribution is -2.49. The van der Waals surface area contributed by atoms with Crippen LogP contribution in [-0.2, 0) is 62.8 Å². The van der Waals surface area contributed by atoms with Gasteiger partial charge >= 0.3 is 23.9 Å². The van der Waals surface area contributed by atoms with Gasteiger partial charge in [0.15, 0.2) is 12.4 Å². The number of furan rings is 1. The van der Waals surface area contributed by atoms with Gasteiger partial charge in [-0.25, -0.2) is 14.4 Å². The summed E-state index contributed by atoms with van der Waals surface area (Å²) in [6.45, 7) is 2.50. The molecule has 0 fully saturated rings. The Kier molecular flexibility index (Phi) is 21.8. The van der Waals surface area contributed by atoms with Crippen molar-refractivity contribution in [2.75, 3.05) is 13.3 Å². The number of carbonyl (C=O) groups excluding carboxylic acids is 8. The van der Waals surface area contributed by atoms with E-state index in [1.807, 2.05) is 19.1 Å². The van der Waals surface area contributed by atoms with E-state index >= 15 is 0 Å². The summed E-state index contributed by atoms with van der Waals surface area (Å²) in [6, 6.07) is 34.4. The molecular formula is C57H59N5O14. The molecule has 0 unspecified atom stereocenters. The SMILES string of the molecule is CCCCC[C@@H](C(=O)NCNC(=O)c1ccc(-c2ccc(C(=O)N[C@@H](CC(=O)OCc3ccccc3)C(=O)OCc3ccccc3)c(OCC(=O)OCc3ccccc3)c2)o1)[C@@H](CC)N(C=O)OC(=O)c1cccnc1. The molecule has 6 aromatic rings. The predicted octanol–water partition coefficient (Wildman–Crippen LogP) is 7.45. The maximum atomic E-state index is 14.2. The van der Waals surface area contributed by atoms with Crippen molar-refractivity contribution in [1.82, 2.24) is 26.0 Å². The highest BCUT2D eigenvalue weighted by atomic mass is 16.7. The molecule has 396 valence electrons. The second-order valence-corrected chi connectivity index (χ2v) is 17.2. The fraction of sp³-hybridized carbons (Fsp3) is 0.281. The number of unbranched alkanes of at least 4 members (excludes halogenated alkanes) is 2. The predicted molar refractivity (Wildman–Crippen MR) is 274 cm³/mol. The molecule has 3 N–H and O–H groups in total. The van der Waals surface area contributed by atoms with Gasteiger partial charge in [-0.1, -0.05) is 130 Å². The lowest BCUT2D eigenvalue weighted by Gasteiger charge is -2.31. The molecule has 2 aromatic heterocycles. The highest BCUT2D eigenvalue weighted by Crippen LogP contribution is 2.30. The maximum Gasteiger partial charge on any atom is 0.364 e. The number of ether oxygens (including phenoxy) is 4. The molecule has 0 aliphatic heterocycles. The molecule has 0 saturated heterocycles. The average Bonchev–Trinajstić information content (AvgIpc) is 3.96. The summed E-state index contributed by atoms with van der Waals surface area (Å²) in [6.07, 6.45) is 5.48. The van der Waals surface area contributed by atoms with Gasteiger partial charge in [0.05, 0.1) is 36.2 Å². The Morgan fingerprint density at radius 1 is 0.697 bits per heavy atom. The zero-order valence-corrected chi connectivity index (χ0v) is 42.1. The number of aromatic nitrogens is 1. The van der Waals surface area contributed by atoms with Crippen LogP contribution in [0.3, 0.4) is 0 Å². The Bertz CT molecular complexity index is 2870. The number of hydroxylamine groups is 2. The van der Waals surface area contributed by atoms with Crippen LogP contribution in [0.2, 0.25) is 0 Å². The minimum atomic E-state index is -1.52. The smallest absolute Gasteiger partial charge is 0.364 e. The summed E-state index contributed by atoms with van der Waals surface area (Å²) in [5.74, 6) is -6.36. The van der Waals surface area contributed by atoms with Crippen LogP contribution in [0.4, 0.5) is 0 Å². The van der Waals surface area contributed by atoms with Gasteiger partial charge in [0.2, 0.25) is 12.3 Å². The van der Waals surface area contributed by atoms with Crippen LogP contribution >= 0.6 is 0 Å². The standard InChI is InChI=1S/C57H59N5O14/c1-3-5-9-24-44(47(4-2)62(38-63)76-56(69)43-23-16-29-58-32-43)53(66)59-37-60-55(68)49-28-27-48(75-49)42-25-26-45(50(30-42)71-36-52(65)73-34-40-19-12-7-13-20-40)54(67)61-46(57(70)74-35-41-21-14-8-15-22-41)31-51(64)72-33-39-17-10-6-11-18-39/h6-8,10-23,25-30,32,38,44,46-47H,3-5,9,24,31,33-37H2,1-2H3,(H,59,66)(H,60,68)(H,61,67)/t44-,46+,47-/m1/s1. The third kappa shape index (κ3) is 17.2. The van der Waals surface area contributed by atoms with E-state index in [1.165, 1.54) is 48.8 Å². The van der Waals surface area contributed by atoms with Gasteiger partial charge in [-0.05, 0) is 65.9 Å². The van der Waals surface area contributed by atoms with E-state index in [0.717, 1.165) is 23.5 Å². The molecule has 4 amide bonds. The van der Waals surface area contributed by atoms with Crippen molar-refractivity contribution in [3.8, 4) is 17.1 Å². The van der Waals surface area contributed by atoms with Crippen LogP contribution in [0, 0.1) is 5.92 Å². The van der Waals surface area contributed by atoms with E-state index in [2.05, 4.69) is 20.9 Å². The van der Waals surface area contributed by atoms with E-state index in [-0.39, 0.29) is 61.3 Å². The van der Waals surface area contributed by atoms with Crippen molar-refractivity contribution in [1.29, 1.82) is 0 Å². The van der Waals surface area contributed by atoms with E-state index in [9.17, 15) is 38.4 Å². The Morgan fingerprint density at radius 2 is 1.34 bits per heavy atom. The Morgan fingerprint density at radius 3 is 1.95 bits per heavy atom. The molecule has 0 aliphatic rings. The average molecular weight is 1040 g/mol. The maximum absolute atomic E-state index is 14.2. The van der Waals surface area contributed by atoms with Crippen LogP contribution in [0.5, 0.6) is 5.75 Å². The highest BCUT2D eigenvalue weighted by Gasteiger charge is 2.34. The van der Waals surface area contributed by atoms with Crippen LogP contribution in [0.1, 0.15) is 100 Å². The summed E-state index contributed by atoms with van der Waals surface area (Å²) >= 11 is 0. The molecule has 19 heteroatoms. The molecule has 0 radical (unpaired) electrons. The number of pyridine rings is 1. The number of amides is 4. The molecule has 0 bridgehead atoms. The molecule has 4 aromatic carbocycles. The Labute approximate surface area is 439 Å². The summed E-state index contributed by atoms with van der Waals surface area (Å²) in [5, 5.41) is 8.71. The van der Waals surface area contributed by atoms with Crippen LogP contribution in [0.15, 0.2) is 150 Å². The summed E-state index contributed by atoms with van der Waals surface area (Å²) in [7, 11) is 0. The summed E-state index contributed by atoms with van der Waals surface area (Å²) < 4.78 is 28.2. The van der Waals surface area contributed by atoms with Crippen molar-refractivity contribution < 1.29 is 66.6 Å². The molecule has 0 saturated carbocycles. The second-order valence-electron chi connectivity index (χ2n) is 17.2. The molecule has 76 heavy (non-hydrogen) atoms. The largest absolute Gasteiger partial charge is 0.481 e. The van der Waals surface area contributed by atoms with Crippen molar-refractivity contribution in [3.05, 3.63) is 179 Å². The van der Waals surface area contributed by atoms with E-state index < -0.39 is 72.6 Å². The van der Waals surface area contributed by atoms with Gasteiger partial charge in [0, 0.05) is 18.0 Å². The number of nitrogens with zero attached hydrogens (tertiary/aromatic N) is 2. The molecule has 2 heterocycles. The minimum absolute atomic E-state index is 0.0490. The first-order chi connectivity index (χ1) is 37.0. The number of hydrogen-bond acceptors (Lipinski definition) is 15. The molecule has 6 rings (SSSR count). The molecule has 3 atom stereocenters. The zero-order valence-electron chi connectivity index (χ0n) is 42.1. The van der Waals surface area contributed by atoms with Gasteiger partial charge in [0.1, 0.15) is 37.4 Å². The highest BCUT2D eigenvalue weighted by molar-refractivity contribution is 6.00. The first kappa shape index (κ1) is 56.2. The third-order valence-corrected chi connectivity index (χ3v) is 11.7. The number of hydrogen-bond donors (Lipinski definition) is 3. The lowest BCUT2D eigenvalue weighted by molar-refractivity contribution is -0.171. The number of nitrogens with one attached hydrogen (secondary N) is 3. The summed E-state index contributed by atoms with van der Waals surface area (Å²) in [4.78, 5) is 115. The van der Waals surface area contributed by atoms with Crippen molar-refractivity contribution in [3.63, 3.8) is 0 Å². The van der Waals surface area contributed by atoms with E-state index in [0.29, 0.717) is 35.9 Å². The van der Waals surface area contributed by atoms with Gasteiger partial charge in [0.25, 0.3) is 11.8 Å². The van der Waals surface area contributed by atoms with Gasteiger partial charge in [-0.15, -0.1) is 0 Å². The van der Waals surface area contributed by atoms with Gasteiger partial charge < -0.3 is 44.2 Å².